The molecule has 2 fully saturated rings. The lowest BCUT2D eigenvalue weighted by atomic mass is 9.92. The van der Waals surface area contributed by atoms with Crippen molar-refractivity contribution >= 4 is 5.91 Å². The van der Waals surface area contributed by atoms with Crippen LogP contribution in [0.25, 0.3) is 0 Å². The molecule has 4 nitrogen and oxygen atoms in total. The van der Waals surface area contributed by atoms with E-state index >= 15 is 0 Å². The Morgan fingerprint density at radius 2 is 1.84 bits per heavy atom. The summed E-state index contributed by atoms with van der Waals surface area (Å²) in [7, 11) is 0. The first-order chi connectivity index (χ1) is 9.29. The molecule has 1 saturated carbocycles. The number of carbonyl (C=O) groups excluding carboxylic acids is 1. The van der Waals surface area contributed by atoms with Gasteiger partial charge in [0.2, 0.25) is 5.91 Å². The van der Waals surface area contributed by atoms with Crippen molar-refractivity contribution in [3.63, 3.8) is 0 Å². The number of hydrogen-bond acceptors (Lipinski definition) is 3. The molecular formula is C15H25N3O. The molecule has 0 bridgehead atoms. The zero-order valence-electron chi connectivity index (χ0n) is 11.7. The van der Waals surface area contributed by atoms with Crippen molar-refractivity contribution in [2.75, 3.05) is 19.6 Å². The van der Waals surface area contributed by atoms with Gasteiger partial charge in [0.15, 0.2) is 0 Å². The summed E-state index contributed by atoms with van der Waals surface area (Å²) in [5.41, 5.74) is 0. The summed E-state index contributed by atoms with van der Waals surface area (Å²) < 4.78 is 0. The monoisotopic (exact) mass is 263 g/mol. The molecule has 0 radical (unpaired) electrons. The number of piperidine rings is 1. The van der Waals surface area contributed by atoms with Crippen LogP contribution in [0.4, 0.5) is 0 Å². The number of amides is 1. The SMILES string of the molecule is N#CCCN1CCC(C(=O)NC2CCCCC2)CC1. The normalized spacial score (nSPS) is 22.9. The third-order valence-corrected chi connectivity index (χ3v) is 4.45. The lowest BCUT2D eigenvalue weighted by molar-refractivity contribution is -0.127. The van der Waals surface area contributed by atoms with Gasteiger partial charge in [-0.15, -0.1) is 0 Å². The average molecular weight is 263 g/mol. The minimum atomic E-state index is 0.195. The molecule has 2 rings (SSSR count). The van der Waals surface area contributed by atoms with Crippen molar-refractivity contribution in [2.45, 2.75) is 57.4 Å². The van der Waals surface area contributed by atoms with Gasteiger partial charge in [-0.05, 0) is 38.8 Å². The Labute approximate surface area is 116 Å². The molecule has 2 aliphatic rings. The molecule has 4 heteroatoms. The van der Waals surface area contributed by atoms with Crippen molar-refractivity contribution in [2.24, 2.45) is 5.92 Å². The molecule has 1 heterocycles. The van der Waals surface area contributed by atoms with Gasteiger partial charge in [0.25, 0.3) is 0 Å². The Morgan fingerprint density at radius 3 is 2.47 bits per heavy atom. The number of hydrogen-bond donors (Lipinski definition) is 1. The summed E-state index contributed by atoms with van der Waals surface area (Å²) in [6, 6.07) is 2.61. The highest BCUT2D eigenvalue weighted by molar-refractivity contribution is 5.79. The third kappa shape index (κ3) is 4.50. The number of nitrogens with zero attached hydrogens (tertiary/aromatic N) is 2. The summed E-state index contributed by atoms with van der Waals surface area (Å²) in [5.74, 6) is 0.465. The molecule has 0 aromatic heterocycles. The molecule has 106 valence electrons. The second-order valence-electron chi connectivity index (χ2n) is 5.87. The van der Waals surface area contributed by atoms with Crippen molar-refractivity contribution in [3.05, 3.63) is 0 Å². The van der Waals surface area contributed by atoms with E-state index in [2.05, 4.69) is 16.3 Å². The van der Waals surface area contributed by atoms with Gasteiger partial charge in [0.1, 0.15) is 0 Å². The smallest absolute Gasteiger partial charge is 0.223 e. The molecule has 19 heavy (non-hydrogen) atoms. The quantitative estimate of drug-likeness (QED) is 0.844. The fraction of sp³-hybridized carbons (Fsp3) is 0.867. The molecule has 1 N–H and O–H groups in total. The maximum atomic E-state index is 12.2. The second kappa shape index (κ2) is 7.49. The maximum absolute atomic E-state index is 12.2. The largest absolute Gasteiger partial charge is 0.353 e. The van der Waals surface area contributed by atoms with E-state index < -0.39 is 0 Å². The topological polar surface area (TPSA) is 56.1 Å². The number of likely N-dealkylation sites (tertiary alicyclic amines) is 1. The highest BCUT2D eigenvalue weighted by Crippen LogP contribution is 2.21. The zero-order valence-corrected chi connectivity index (χ0v) is 11.7. The lowest BCUT2D eigenvalue weighted by Crippen LogP contribution is -2.44. The van der Waals surface area contributed by atoms with Gasteiger partial charge in [-0.25, -0.2) is 0 Å². The van der Waals surface area contributed by atoms with E-state index in [9.17, 15) is 4.79 Å². The molecule has 1 aliphatic carbocycles. The van der Waals surface area contributed by atoms with Crippen molar-refractivity contribution in [1.29, 1.82) is 5.26 Å². The molecule has 0 aromatic rings. The molecule has 1 saturated heterocycles. The maximum Gasteiger partial charge on any atom is 0.223 e. The highest BCUT2D eigenvalue weighted by Gasteiger charge is 2.26. The standard InChI is InChI=1S/C15H25N3O/c16-9-4-10-18-11-7-13(8-12-18)15(19)17-14-5-2-1-3-6-14/h13-14H,1-8,10-12H2,(H,17,19). The Kier molecular flexibility index (Phi) is 5.65. The third-order valence-electron chi connectivity index (χ3n) is 4.45. The van der Waals surface area contributed by atoms with Crippen LogP contribution in [0.5, 0.6) is 0 Å². The minimum Gasteiger partial charge on any atom is -0.353 e. The summed E-state index contributed by atoms with van der Waals surface area (Å²) in [6.07, 6.45) is 8.66. The molecule has 0 atom stereocenters. The van der Waals surface area contributed by atoms with E-state index in [0.29, 0.717) is 12.5 Å². The van der Waals surface area contributed by atoms with Gasteiger partial charge in [0, 0.05) is 24.9 Å². The molecule has 0 aromatic carbocycles. The van der Waals surface area contributed by atoms with Crippen LogP contribution in [0.2, 0.25) is 0 Å². The summed E-state index contributed by atoms with van der Waals surface area (Å²) in [6.45, 7) is 2.78. The van der Waals surface area contributed by atoms with E-state index in [1.54, 1.807) is 0 Å². The molecule has 1 amide bonds. The van der Waals surface area contributed by atoms with Crippen LogP contribution in [0.1, 0.15) is 51.4 Å². The first kappa shape index (κ1) is 14.3. The van der Waals surface area contributed by atoms with Crippen LogP contribution >= 0.6 is 0 Å². The van der Waals surface area contributed by atoms with Crippen LogP contribution < -0.4 is 5.32 Å². The van der Waals surface area contributed by atoms with E-state index in [0.717, 1.165) is 45.3 Å². The zero-order chi connectivity index (χ0) is 13.5. The van der Waals surface area contributed by atoms with Crippen LogP contribution in [0.15, 0.2) is 0 Å². The second-order valence-corrected chi connectivity index (χ2v) is 5.87. The summed E-state index contributed by atoms with van der Waals surface area (Å²) in [4.78, 5) is 14.5. The van der Waals surface area contributed by atoms with E-state index in [4.69, 9.17) is 5.26 Å². The summed E-state index contributed by atoms with van der Waals surface area (Å²) >= 11 is 0. The predicted molar refractivity (Wildman–Crippen MR) is 74.4 cm³/mol. The molecule has 0 unspecified atom stereocenters. The Morgan fingerprint density at radius 1 is 1.16 bits per heavy atom. The van der Waals surface area contributed by atoms with E-state index in [1.165, 1.54) is 19.3 Å². The Bertz CT molecular complexity index is 323. The molecular weight excluding hydrogens is 238 g/mol. The fourth-order valence-corrected chi connectivity index (χ4v) is 3.19. The first-order valence-corrected chi connectivity index (χ1v) is 7.69. The number of carbonyl (C=O) groups is 1. The van der Waals surface area contributed by atoms with Crippen LogP contribution in [0, 0.1) is 17.2 Å². The van der Waals surface area contributed by atoms with Crippen molar-refractivity contribution in [1.82, 2.24) is 10.2 Å². The van der Waals surface area contributed by atoms with Crippen LogP contribution in [-0.4, -0.2) is 36.5 Å². The average Bonchev–Trinajstić information content (AvgIpc) is 2.46. The van der Waals surface area contributed by atoms with Crippen molar-refractivity contribution in [3.8, 4) is 6.07 Å². The number of rotatable bonds is 4. The lowest BCUT2D eigenvalue weighted by Gasteiger charge is -2.32. The molecule has 0 spiro atoms. The van der Waals surface area contributed by atoms with Gasteiger partial charge in [0.05, 0.1) is 6.07 Å². The van der Waals surface area contributed by atoms with Crippen LogP contribution in [-0.2, 0) is 4.79 Å². The Balaban J connectivity index is 1.68. The van der Waals surface area contributed by atoms with Crippen molar-refractivity contribution < 1.29 is 4.79 Å². The van der Waals surface area contributed by atoms with Crippen LogP contribution in [0.3, 0.4) is 0 Å². The van der Waals surface area contributed by atoms with Gasteiger partial charge in [-0.3, -0.25) is 4.79 Å². The number of nitrogens with one attached hydrogen (secondary N) is 1. The van der Waals surface area contributed by atoms with E-state index in [1.807, 2.05) is 0 Å². The fourth-order valence-electron chi connectivity index (χ4n) is 3.19. The number of nitriles is 1. The highest BCUT2D eigenvalue weighted by atomic mass is 16.1. The minimum absolute atomic E-state index is 0.195. The van der Waals surface area contributed by atoms with Gasteiger partial charge in [-0.1, -0.05) is 19.3 Å². The predicted octanol–water partition coefficient (Wildman–Crippen LogP) is 2.06. The van der Waals surface area contributed by atoms with E-state index in [-0.39, 0.29) is 11.8 Å². The van der Waals surface area contributed by atoms with Gasteiger partial charge in [-0.2, -0.15) is 5.26 Å². The Hall–Kier alpha value is -1.08. The molecule has 1 aliphatic heterocycles. The summed E-state index contributed by atoms with van der Waals surface area (Å²) in [5, 5.41) is 11.8. The van der Waals surface area contributed by atoms with Gasteiger partial charge < -0.3 is 10.2 Å². The van der Waals surface area contributed by atoms with Gasteiger partial charge >= 0.3 is 0 Å². The first-order valence-electron chi connectivity index (χ1n) is 7.69.